The van der Waals surface area contributed by atoms with Crippen molar-refractivity contribution in [1.82, 2.24) is 5.32 Å². The Morgan fingerprint density at radius 3 is 1.70 bits per heavy atom. The summed E-state index contributed by atoms with van der Waals surface area (Å²) in [5.41, 5.74) is -1.07. The summed E-state index contributed by atoms with van der Waals surface area (Å²) < 4.78 is 11.0. The number of ether oxygens (including phenoxy) is 2. The molecule has 7 heteroatoms. The molecule has 0 heterocycles. The number of rotatable bonds is 5. The number of aliphatic hydroxyl groups excluding tert-OH is 1. The lowest BCUT2D eigenvalue weighted by Gasteiger charge is -2.29. The summed E-state index contributed by atoms with van der Waals surface area (Å²) in [4.78, 5) is 24.8. The molecular weight excluding hydrogens is 406 g/mol. The summed E-state index contributed by atoms with van der Waals surface area (Å²) in [6.45, 7) is 18.4. The Labute approximate surface area is 187 Å². The van der Waals surface area contributed by atoms with E-state index in [1.54, 1.807) is 59.7 Å². The first-order chi connectivity index (χ1) is 12.9. The molecule has 0 bridgehead atoms. The van der Waals surface area contributed by atoms with Gasteiger partial charge in [-0.05, 0) is 86.9 Å². The molecule has 0 aliphatic heterocycles. The highest BCUT2D eigenvalue weighted by Crippen LogP contribution is 2.34. The first-order valence-electron chi connectivity index (χ1n) is 9.96. The van der Waals surface area contributed by atoms with E-state index in [9.17, 15) is 14.7 Å². The largest absolute Gasteiger partial charge is 0.422 e. The normalized spacial score (nSPS) is 14.4. The number of hydrogen-bond acceptors (Lipinski definition) is 6. The van der Waals surface area contributed by atoms with Gasteiger partial charge in [-0.15, -0.1) is 12.4 Å². The van der Waals surface area contributed by atoms with Gasteiger partial charge in [-0.2, -0.15) is 0 Å². The maximum atomic E-state index is 12.4. The molecule has 2 unspecified atom stereocenters. The molecule has 1 rings (SSSR count). The van der Waals surface area contributed by atoms with Crippen molar-refractivity contribution < 1.29 is 24.2 Å². The summed E-state index contributed by atoms with van der Waals surface area (Å²) in [5, 5.41) is 14.1. The fourth-order valence-corrected chi connectivity index (χ4v) is 2.43. The number of halogens is 1. The Balaban J connectivity index is 0.00000841. The van der Waals surface area contributed by atoms with Gasteiger partial charge in [0.1, 0.15) is 0 Å². The average molecular weight is 444 g/mol. The molecule has 0 spiro atoms. The van der Waals surface area contributed by atoms with Crippen LogP contribution in [0.5, 0.6) is 11.5 Å². The van der Waals surface area contributed by atoms with Crippen LogP contribution in [-0.2, 0) is 9.59 Å². The number of carbonyl (C=O) groups excluding carboxylic acids is 2. The van der Waals surface area contributed by atoms with Crippen LogP contribution in [0.3, 0.4) is 0 Å². The maximum absolute atomic E-state index is 12.4. The van der Waals surface area contributed by atoms with Crippen LogP contribution in [0.2, 0.25) is 0 Å². The van der Waals surface area contributed by atoms with E-state index in [4.69, 9.17) is 9.47 Å². The van der Waals surface area contributed by atoms with Gasteiger partial charge in [0.25, 0.3) is 0 Å². The van der Waals surface area contributed by atoms with E-state index in [2.05, 4.69) is 5.32 Å². The smallest absolute Gasteiger partial charge is 0.316 e. The maximum Gasteiger partial charge on any atom is 0.316 e. The lowest BCUT2D eigenvalue weighted by atomic mass is 9.97. The van der Waals surface area contributed by atoms with E-state index in [1.165, 1.54) is 0 Å². The van der Waals surface area contributed by atoms with Gasteiger partial charge in [0.2, 0.25) is 0 Å². The van der Waals surface area contributed by atoms with Crippen LogP contribution in [0.25, 0.3) is 0 Å². The Kier molecular flexibility index (Phi) is 9.57. The second kappa shape index (κ2) is 10.1. The zero-order chi connectivity index (χ0) is 22.8. The van der Waals surface area contributed by atoms with Crippen LogP contribution in [0, 0.1) is 10.8 Å². The van der Waals surface area contributed by atoms with Crippen molar-refractivity contribution in [2.24, 2.45) is 10.8 Å². The van der Waals surface area contributed by atoms with Crippen molar-refractivity contribution in [3.05, 3.63) is 23.8 Å². The summed E-state index contributed by atoms with van der Waals surface area (Å²) >= 11 is 0. The summed E-state index contributed by atoms with van der Waals surface area (Å²) in [7, 11) is 0. The minimum atomic E-state index is -0.839. The Hall–Kier alpha value is -1.63. The van der Waals surface area contributed by atoms with Gasteiger partial charge in [-0.1, -0.05) is 6.07 Å². The Morgan fingerprint density at radius 2 is 1.30 bits per heavy atom. The SMILES string of the molecule is CC(NC(C)(C)C)C(O)c1ccc(OC(=O)C(C)(C)C)c(OC(=O)C(C)(C)C)c1.Cl. The van der Waals surface area contributed by atoms with Crippen LogP contribution in [-0.4, -0.2) is 28.6 Å². The van der Waals surface area contributed by atoms with E-state index in [-0.39, 0.29) is 35.5 Å². The Bertz CT molecular complexity index is 741. The van der Waals surface area contributed by atoms with Gasteiger partial charge in [-0.25, -0.2) is 0 Å². The second-order valence-corrected chi connectivity index (χ2v) is 10.6. The highest BCUT2D eigenvalue weighted by Gasteiger charge is 2.29. The van der Waals surface area contributed by atoms with E-state index >= 15 is 0 Å². The lowest BCUT2D eigenvalue weighted by Crippen LogP contribution is -2.44. The van der Waals surface area contributed by atoms with Crippen LogP contribution in [0.4, 0.5) is 0 Å². The standard InChI is InChI=1S/C23H37NO5.ClH/c1-14(24-23(8,9)10)18(25)15-11-12-16(28-19(26)21(2,3)4)17(13-15)29-20(27)22(5,6)7;/h11-14,18,24-25H,1-10H3;1H. The van der Waals surface area contributed by atoms with E-state index in [0.29, 0.717) is 5.56 Å². The van der Waals surface area contributed by atoms with Gasteiger partial charge in [-0.3, -0.25) is 9.59 Å². The third kappa shape index (κ3) is 8.62. The fourth-order valence-electron chi connectivity index (χ4n) is 2.43. The van der Waals surface area contributed by atoms with Gasteiger partial charge in [0, 0.05) is 11.6 Å². The molecule has 0 amide bonds. The molecule has 0 saturated heterocycles. The van der Waals surface area contributed by atoms with Gasteiger partial charge in [0.05, 0.1) is 16.9 Å². The minimum Gasteiger partial charge on any atom is -0.422 e. The van der Waals surface area contributed by atoms with Crippen molar-refractivity contribution in [3.63, 3.8) is 0 Å². The molecule has 172 valence electrons. The van der Waals surface area contributed by atoms with Crippen LogP contribution >= 0.6 is 12.4 Å². The number of nitrogens with one attached hydrogen (secondary N) is 1. The van der Waals surface area contributed by atoms with Gasteiger partial charge >= 0.3 is 11.9 Å². The fraction of sp³-hybridized carbons (Fsp3) is 0.652. The Morgan fingerprint density at radius 1 is 0.867 bits per heavy atom. The first kappa shape index (κ1) is 28.4. The third-order valence-corrected chi connectivity index (χ3v) is 4.07. The van der Waals surface area contributed by atoms with Crippen LogP contribution in [0.15, 0.2) is 18.2 Å². The van der Waals surface area contributed by atoms with Crippen molar-refractivity contribution in [2.45, 2.75) is 86.9 Å². The number of aliphatic hydroxyl groups is 1. The highest BCUT2D eigenvalue weighted by atomic mass is 35.5. The van der Waals surface area contributed by atoms with Gasteiger partial charge in [0.15, 0.2) is 11.5 Å². The number of hydrogen-bond donors (Lipinski definition) is 2. The molecule has 0 aromatic heterocycles. The zero-order valence-electron chi connectivity index (χ0n) is 19.9. The molecule has 2 N–H and O–H groups in total. The molecule has 0 aliphatic carbocycles. The summed E-state index contributed by atoms with van der Waals surface area (Å²) in [6.07, 6.45) is -0.839. The topological polar surface area (TPSA) is 84.9 Å². The number of carbonyl (C=O) groups is 2. The summed E-state index contributed by atoms with van der Waals surface area (Å²) in [6, 6.07) is 4.53. The average Bonchev–Trinajstić information content (AvgIpc) is 2.52. The molecule has 1 aromatic rings. The van der Waals surface area contributed by atoms with Crippen LogP contribution in [0.1, 0.15) is 80.9 Å². The first-order valence-corrected chi connectivity index (χ1v) is 9.96. The molecule has 2 atom stereocenters. The van der Waals surface area contributed by atoms with Gasteiger partial charge < -0.3 is 19.9 Å². The number of esters is 2. The predicted octanol–water partition coefficient (Wildman–Crippen LogP) is 4.82. The molecule has 1 aromatic carbocycles. The molecule has 30 heavy (non-hydrogen) atoms. The predicted molar refractivity (Wildman–Crippen MR) is 121 cm³/mol. The molecule has 0 saturated carbocycles. The molecule has 0 fully saturated rings. The molecule has 0 radical (unpaired) electrons. The van der Waals surface area contributed by atoms with Crippen molar-refractivity contribution in [2.75, 3.05) is 0 Å². The quantitative estimate of drug-likeness (QED) is 0.501. The second-order valence-electron chi connectivity index (χ2n) is 10.6. The monoisotopic (exact) mass is 443 g/mol. The van der Waals surface area contributed by atoms with Crippen LogP contribution < -0.4 is 14.8 Å². The molecule has 6 nitrogen and oxygen atoms in total. The number of benzene rings is 1. The van der Waals surface area contributed by atoms with E-state index in [1.807, 2.05) is 27.7 Å². The third-order valence-electron chi connectivity index (χ3n) is 4.07. The van der Waals surface area contributed by atoms with E-state index in [0.717, 1.165) is 0 Å². The highest BCUT2D eigenvalue weighted by molar-refractivity contribution is 5.85. The zero-order valence-corrected chi connectivity index (χ0v) is 20.7. The summed E-state index contributed by atoms with van der Waals surface area (Å²) in [5.74, 6) is -0.642. The minimum absolute atomic E-state index is 0. The molecular formula is C23H38ClNO5. The van der Waals surface area contributed by atoms with Crippen molar-refractivity contribution in [1.29, 1.82) is 0 Å². The molecule has 0 aliphatic rings. The van der Waals surface area contributed by atoms with E-state index < -0.39 is 28.9 Å². The van der Waals surface area contributed by atoms with Crippen molar-refractivity contribution >= 4 is 24.3 Å². The lowest BCUT2D eigenvalue weighted by molar-refractivity contribution is -0.145. The van der Waals surface area contributed by atoms with Crippen molar-refractivity contribution in [3.8, 4) is 11.5 Å².